The molecule has 0 aliphatic rings. The SMILES string of the molecule is Cc1cccc(C(=O)[O-])c1C.Cc1cccc(C(=O)[O-])c1C.Cc1cccc(C(=O)[O-])c1C.Cc1cccc(C(=O)[O-])c1C.[C+4]. The van der Waals surface area contributed by atoms with E-state index in [2.05, 4.69) is 0 Å². The molecule has 0 heterocycles. The van der Waals surface area contributed by atoms with Crippen molar-refractivity contribution in [1.82, 2.24) is 0 Å². The summed E-state index contributed by atoms with van der Waals surface area (Å²) < 4.78 is 0. The minimum absolute atomic E-state index is 0. The molecule has 0 saturated carbocycles. The van der Waals surface area contributed by atoms with Crippen molar-refractivity contribution in [2.24, 2.45) is 0 Å². The Balaban J connectivity index is 0.000000569. The molecule has 0 amide bonds. The molecule has 45 heavy (non-hydrogen) atoms. The van der Waals surface area contributed by atoms with E-state index in [0.29, 0.717) is 0 Å². The van der Waals surface area contributed by atoms with Crippen molar-refractivity contribution in [1.29, 1.82) is 0 Å². The van der Waals surface area contributed by atoms with E-state index in [4.69, 9.17) is 0 Å². The number of hydrogen-bond donors (Lipinski definition) is 0. The van der Waals surface area contributed by atoms with Crippen molar-refractivity contribution < 1.29 is 39.6 Å². The van der Waals surface area contributed by atoms with Crippen LogP contribution in [-0.2, 0) is 0 Å². The number of carbonyl (C=O) groups excluding carboxylic acids is 4. The Morgan fingerprint density at radius 1 is 0.356 bits per heavy atom. The predicted octanol–water partition coefficient (Wildman–Crippen LogP) is 2.75. The third kappa shape index (κ3) is 11.8. The Hall–Kier alpha value is -5.24. The number of benzene rings is 4. The molecule has 232 valence electrons. The molecule has 0 bridgehead atoms. The fraction of sp³-hybridized carbons (Fsp3) is 0.216. The van der Waals surface area contributed by atoms with Gasteiger partial charge in [0.05, 0.1) is 23.9 Å². The average Bonchev–Trinajstić information content (AvgIpc) is 2.95. The van der Waals surface area contributed by atoms with Crippen LogP contribution in [0.25, 0.3) is 0 Å². The second kappa shape index (κ2) is 18.4. The van der Waals surface area contributed by atoms with Crippen molar-refractivity contribution >= 4 is 23.9 Å². The second-order valence-corrected chi connectivity index (χ2v) is 10.1. The van der Waals surface area contributed by atoms with Crippen LogP contribution in [0.15, 0.2) is 72.8 Å². The summed E-state index contributed by atoms with van der Waals surface area (Å²) in [6.45, 7) is 14.6. The molecule has 8 heteroatoms. The van der Waals surface area contributed by atoms with Gasteiger partial charge in [-0.15, -0.1) is 0 Å². The standard InChI is InChI=1S/4C9H10O2.C/c4*1-6-4-3-5-8(7(6)2)9(10)11;/h4*3-5H,1-2H3,(H,10,11);/q;;;;+4/p-4. The van der Waals surface area contributed by atoms with Gasteiger partial charge in [0, 0.05) is 22.3 Å². The quantitative estimate of drug-likeness (QED) is 0.342. The summed E-state index contributed by atoms with van der Waals surface area (Å²) >= 11 is 0. The number of hydrogen-bond acceptors (Lipinski definition) is 8. The second-order valence-electron chi connectivity index (χ2n) is 10.1. The Labute approximate surface area is 265 Å². The van der Waals surface area contributed by atoms with Gasteiger partial charge in [0.1, 0.15) is 0 Å². The number of rotatable bonds is 4. The molecule has 8 nitrogen and oxygen atoms in total. The zero-order valence-corrected chi connectivity index (χ0v) is 26.7. The van der Waals surface area contributed by atoms with E-state index in [1.807, 2.05) is 52.0 Å². The van der Waals surface area contributed by atoms with E-state index >= 15 is 0 Å². The summed E-state index contributed by atoms with van der Waals surface area (Å²) in [6, 6.07) is 20.6. The van der Waals surface area contributed by atoms with Gasteiger partial charge < -0.3 is 39.6 Å². The molecule has 0 N–H and O–H groups in total. The van der Waals surface area contributed by atoms with Crippen LogP contribution in [0.1, 0.15) is 85.9 Å². The van der Waals surface area contributed by atoms with Gasteiger partial charge >= 0.3 is 7.43 Å². The van der Waals surface area contributed by atoms with Crippen LogP contribution in [-0.4, -0.2) is 23.9 Å². The van der Waals surface area contributed by atoms with Crippen LogP contribution in [0.3, 0.4) is 0 Å². The Morgan fingerprint density at radius 3 is 0.622 bits per heavy atom. The zero-order chi connectivity index (χ0) is 33.7. The third-order valence-electron chi connectivity index (χ3n) is 7.30. The maximum absolute atomic E-state index is 10.5. The first-order chi connectivity index (χ1) is 20.5. The van der Waals surface area contributed by atoms with Gasteiger partial charge in [-0.05, 0) is 99.9 Å². The number of aromatic carboxylic acids is 4. The van der Waals surface area contributed by atoms with Crippen LogP contribution >= 0.6 is 0 Å². The monoisotopic (exact) mass is 608 g/mol. The van der Waals surface area contributed by atoms with Crippen LogP contribution < -0.4 is 20.4 Å². The summed E-state index contributed by atoms with van der Waals surface area (Å²) in [5.74, 6) is -4.42. The van der Waals surface area contributed by atoms with Gasteiger partial charge in [-0.2, -0.15) is 0 Å². The maximum atomic E-state index is 10.5. The van der Waals surface area contributed by atoms with Gasteiger partial charge in [0.2, 0.25) is 0 Å². The molecule has 4 aromatic carbocycles. The van der Waals surface area contributed by atoms with Crippen molar-refractivity contribution in [2.75, 3.05) is 0 Å². The topological polar surface area (TPSA) is 161 Å². The van der Waals surface area contributed by atoms with E-state index in [-0.39, 0.29) is 29.7 Å². The van der Waals surface area contributed by atoms with Crippen molar-refractivity contribution in [3.05, 3.63) is 147 Å². The number of aryl methyl sites for hydroxylation is 4. The smallest absolute Gasteiger partial charge is 0.545 e. The van der Waals surface area contributed by atoms with Crippen molar-refractivity contribution in [2.45, 2.75) is 55.4 Å². The van der Waals surface area contributed by atoms with Gasteiger partial charge in [0.25, 0.3) is 0 Å². The van der Waals surface area contributed by atoms with Crippen molar-refractivity contribution in [3.8, 4) is 0 Å². The van der Waals surface area contributed by atoms with Gasteiger partial charge in [0.15, 0.2) is 0 Å². The van der Waals surface area contributed by atoms with Crippen molar-refractivity contribution in [3.63, 3.8) is 0 Å². The van der Waals surface area contributed by atoms with E-state index in [0.717, 1.165) is 44.5 Å². The van der Waals surface area contributed by atoms with Gasteiger partial charge in [-0.3, -0.25) is 0 Å². The van der Waals surface area contributed by atoms with Crippen LogP contribution in [0.4, 0.5) is 0 Å². The number of carboxylic acids is 4. The zero-order valence-electron chi connectivity index (χ0n) is 26.7. The Kier molecular flexibility index (Phi) is 16.3. The molecule has 0 saturated heterocycles. The molecular weight excluding hydrogens is 572 g/mol. The van der Waals surface area contributed by atoms with E-state index in [9.17, 15) is 39.6 Å². The summed E-state index contributed by atoms with van der Waals surface area (Å²) in [5, 5.41) is 41.9. The summed E-state index contributed by atoms with van der Waals surface area (Å²) in [7, 11) is 0. The molecule has 0 aliphatic carbocycles. The number of carboxylic acid groups (broad SMARTS) is 4. The van der Waals surface area contributed by atoms with Crippen LogP contribution in [0.2, 0.25) is 0 Å². The molecule has 4 rings (SSSR count). The molecule has 0 atom stereocenters. The van der Waals surface area contributed by atoms with E-state index in [1.165, 1.54) is 0 Å². The maximum Gasteiger partial charge on any atom is 4.00 e. The summed E-state index contributed by atoms with van der Waals surface area (Å²) in [6.07, 6.45) is 0. The Bertz CT molecular complexity index is 1400. The molecule has 0 aromatic heterocycles. The molecule has 0 unspecified atom stereocenters. The van der Waals surface area contributed by atoms with E-state index in [1.54, 1.807) is 76.2 Å². The summed E-state index contributed by atoms with van der Waals surface area (Å²) in [5.41, 5.74) is 8.18. The minimum Gasteiger partial charge on any atom is -0.545 e. The number of carbonyl (C=O) groups is 4. The third-order valence-corrected chi connectivity index (χ3v) is 7.30. The first kappa shape index (κ1) is 39.8. The van der Waals surface area contributed by atoms with E-state index < -0.39 is 23.9 Å². The fourth-order valence-corrected chi connectivity index (χ4v) is 3.89. The van der Waals surface area contributed by atoms with Crippen LogP contribution in [0, 0.1) is 62.8 Å². The molecular formula is C37H36O8. The molecule has 0 fully saturated rings. The molecule has 0 aliphatic heterocycles. The van der Waals surface area contributed by atoms with Crippen LogP contribution in [0.5, 0.6) is 0 Å². The average molecular weight is 609 g/mol. The molecule has 0 spiro atoms. The van der Waals surface area contributed by atoms with Gasteiger partial charge in [-0.1, -0.05) is 72.8 Å². The predicted molar refractivity (Wildman–Crippen MR) is 164 cm³/mol. The Morgan fingerprint density at radius 2 is 0.511 bits per heavy atom. The first-order valence-corrected chi connectivity index (χ1v) is 13.6. The molecule has 0 radical (unpaired) electrons. The molecule has 4 aromatic rings. The fourth-order valence-electron chi connectivity index (χ4n) is 3.89. The van der Waals surface area contributed by atoms with Gasteiger partial charge in [-0.25, -0.2) is 0 Å². The summed E-state index contributed by atoms with van der Waals surface area (Å²) in [4.78, 5) is 41.9. The first-order valence-electron chi connectivity index (χ1n) is 13.6. The minimum atomic E-state index is -1.11. The largest absolute Gasteiger partial charge is 4.00 e. The normalized spacial score (nSPS) is 9.42.